The fourth-order valence-electron chi connectivity index (χ4n) is 2.86. The molecule has 2 atom stereocenters. The van der Waals surface area contributed by atoms with Gasteiger partial charge in [-0.2, -0.15) is 0 Å². The molecule has 6 heteroatoms. The van der Waals surface area contributed by atoms with Crippen molar-refractivity contribution in [2.24, 2.45) is 0 Å². The van der Waals surface area contributed by atoms with Crippen molar-refractivity contribution >= 4 is 17.0 Å². The average Bonchev–Trinajstić information content (AvgIpc) is 3.12. The number of oxazole rings is 1. The van der Waals surface area contributed by atoms with Crippen LogP contribution in [0.4, 0.5) is 0 Å². The van der Waals surface area contributed by atoms with Gasteiger partial charge in [0.15, 0.2) is 5.58 Å². The van der Waals surface area contributed by atoms with Crippen molar-refractivity contribution in [3.05, 3.63) is 34.8 Å². The first kappa shape index (κ1) is 14.8. The summed E-state index contributed by atoms with van der Waals surface area (Å²) in [5.41, 5.74) is 1.26. The second-order valence-electron chi connectivity index (χ2n) is 5.64. The average molecular weight is 304 g/mol. The Morgan fingerprint density at radius 3 is 3.05 bits per heavy atom. The minimum Gasteiger partial charge on any atom is -0.408 e. The zero-order chi connectivity index (χ0) is 15.5. The molecule has 1 saturated heterocycles. The zero-order valence-electron chi connectivity index (χ0n) is 12.6. The van der Waals surface area contributed by atoms with E-state index >= 15 is 0 Å². The molecule has 1 aliphatic rings. The Kier molecular flexibility index (Phi) is 4.29. The van der Waals surface area contributed by atoms with Crippen molar-refractivity contribution < 1.29 is 13.9 Å². The molecule has 0 saturated carbocycles. The Morgan fingerprint density at radius 2 is 2.27 bits per heavy atom. The lowest BCUT2D eigenvalue weighted by molar-refractivity contribution is -0.122. The van der Waals surface area contributed by atoms with E-state index in [0.29, 0.717) is 17.6 Å². The van der Waals surface area contributed by atoms with Gasteiger partial charge in [-0.15, -0.1) is 0 Å². The molecule has 2 aromatic rings. The van der Waals surface area contributed by atoms with Crippen LogP contribution in [0, 0.1) is 0 Å². The number of para-hydroxylation sites is 2. The first-order valence-electron chi connectivity index (χ1n) is 7.64. The topological polar surface area (TPSA) is 73.5 Å². The zero-order valence-corrected chi connectivity index (χ0v) is 12.6. The minimum atomic E-state index is -0.429. The normalized spacial score (nSPS) is 19.4. The molecule has 3 rings (SSSR count). The van der Waals surface area contributed by atoms with Crippen molar-refractivity contribution in [3.63, 3.8) is 0 Å². The minimum absolute atomic E-state index is 0.00665. The summed E-state index contributed by atoms with van der Waals surface area (Å²) < 4.78 is 12.2. The third-order valence-electron chi connectivity index (χ3n) is 4.05. The van der Waals surface area contributed by atoms with E-state index in [9.17, 15) is 9.59 Å². The van der Waals surface area contributed by atoms with Crippen molar-refractivity contribution in [1.82, 2.24) is 9.88 Å². The first-order chi connectivity index (χ1) is 10.6. The van der Waals surface area contributed by atoms with Crippen LogP contribution in [0.25, 0.3) is 11.1 Å². The number of rotatable bonds is 5. The van der Waals surface area contributed by atoms with Crippen LogP contribution in [-0.4, -0.2) is 29.2 Å². The van der Waals surface area contributed by atoms with Gasteiger partial charge in [-0.05, 0) is 31.9 Å². The number of amides is 1. The monoisotopic (exact) mass is 304 g/mol. The number of hydrogen-bond donors (Lipinski definition) is 1. The smallest absolute Gasteiger partial charge is 0.408 e. The molecule has 2 heterocycles. The number of carbonyl (C=O) groups is 1. The Balaban J connectivity index is 1.60. The molecule has 1 aromatic carbocycles. The third-order valence-corrected chi connectivity index (χ3v) is 4.05. The molecule has 1 aromatic heterocycles. The summed E-state index contributed by atoms with van der Waals surface area (Å²) in [6.07, 6.45) is 2.36. The van der Waals surface area contributed by atoms with Crippen LogP contribution in [0.3, 0.4) is 0 Å². The molecule has 6 nitrogen and oxygen atoms in total. The van der Waals surface area contributed by atoms with E-state index in [-0.39, 0.29) is 24.5 Å². The van der Waals surface area contributed by atoms with Gasteiger partial charge in [0.05, 0.1) is 17.7 Å². The summed E-state index contributed by atoms with van der Waals surface area (Å²) in [5.74, 6) is -0.513. The van der Waals surface area contributed by atoms with Gasteiger partial charge < -0.3 is 14.5 Å². The quantitative estimate of drug-likeness (QED) is 0.912. The largest absolute Gasteiger partial charge is 0.419 e. The van der Waals surface area contributed by atoms with E-state index in [1.165, 1.54) is 4.57 Å². The highest BCUT2D eigenvalue weighted by Crippen LogP contribution is 2.15. The van der Waals surface area contributed by atoms with Gasteiger partial charge in [-0.1, -0.05) is 12.1 Å². The van der Waals surface area contributed by atoms with Gasteiger partial charge in [0.2, 0.25) is 5.91 Å². The molecule has 0 bridgehead atoms. The van der Waals surface area contributed by atoms with Crippen LogP contribution < -0.4 is 11.1 Å². The van der Waals surface area contributed by atoms with Crippen LogP contribution in [0.2, 0.25) is 0 Å². The third kappa shape index (κ3) is 3.06. The lowest BCUT2D eigenvalue weighted by Crippen LogP contribution is -2.41. The molecule has 0 aliphatic carbocycles. The number of nitrogens with zero attached hydrogens (tertiary/aromatic N) is 1. The summed E-state index contributed by atoms with van der Waals surface area (Å²) in [5, 5.41) is 2.94. The van der Waals surface area contributed by atoms with Gasteiger partial charge in [0, 0.05) is 19.6 Å². The summed E-state index contributed by atoms with van der Waals surface area (Å²) in [4.78, 5) is 23.9. The Morgan fingerprint density at radius 1 is 1.45 bits per heavy atom. The Bertz CT molecular complexity index is 712. The van der Waals surface area contributed by atoms with Gasteiger partial charge >= 0.3 is 5.76 Å². The summed E-state index contributed by atoms with van der Waals surface area (Å²) >= 11 is 0. The van der Waals surface area contributed by atoms with Crippen LogP contribution >= 0.6 is 0 Å². The van der Waals surface area contributed by atoms with E-state index in [1.54, 1.807) is 6.07 Å². The van der Waals surface area contributed by atoms with Crippen LogP contribution in [0.5, 0.6) is 0 Å². The predicted molar refractivity (Wildman–Crippen MR) is 81.7 cm³/mol. The van der Waals surface area contributed by atoms with Crippen LogP contribution in [0.1, 0.15) is 26.2 Å². The number of hydrogen-bond acceptors (Lipinski definition) is 4. The molecule has 1 amide bonds. The molecular formula is C16H20N2O4. The first-order valence-corrected chi connectivity index (χ1v) is 7.64. The van der Waals surface area contributed by atoms with E-state index in [1.807, 2.05) is 25.1 Å². The molecule has 0 spiro atoms. The summed E-state index contributed by atoms with van der Waals surface area (Å²) in [6, 6.07) is 7.20. The number of benzene rings is 1. The van der Waals surface area contributed by atoms with Gasteiger partial charge in [0.25, 0.3) is 0 Å². The van der Waals surface area contributed by atoms with Crippen molar-refractivity contribution in [1.29, 1.82) is 0 Å². The Labute approximate surface area is 128 Å². The lowest BCUT2D eigenvalue weighted by atomic mass is 10.1. The van der Waals surface area contributed by atoms with Crippen molar-refractivity contribution in [2.45, 2.75) is 44.9 Å². The lowest BCUT2D eigenvalue weighted by Gasteiger charge is -2.19. The molecular weight excluding hydrogens is 284 g/mol. The Hall–Kier alpha value is -2.08. The van der Waals surface area contributed by atoms with Crippen LogP contribution in [0.15, 0.2) is 33.5 Å². The second kappa shape index (κ2) is 6.36. The van der Waals surface area contributed by atoms with Gasteiger partial charge in [0.1, 0.15) is 0 Å². The fraction of sp³-hybridized carbons (Fsp3) is 0.500. The fourth-order valence-corrected chi connectivity index (χ4v) is 2.86. The highest BCUT2D eigenvalue weighted by Gasteiger charge is 2.23. The number of carbonyl (C=O) groups excluding carboxylic acids is 1. The highest BCUT2D eigenvalue weighted by molar-refractivity contribution is 5.77. The molecule has 1 fully saturated rings. The van der Waals surface area contributed by atoms with Crippen LogP contribution in [-0.2, 0) is 16.1 Å². The SMILES string of the molecule is C[C@@H](NC(=O)CCn1c(=O)oc2ccccc21)[C@H]1CCCO1. The summed E-state index contributed by atoms with van der Waals surface area (Å²) in [6.45, 7) is 3.02. The predicted octanol–water partition coefficient (Wildman–Crippen LogP) is 1.67. The van der Waals surface area contributed by atoms with Gasteiger partial charge in [-0.3, -0.25) is 9.36 Å². The van der Waals surface area contributed by atoms with Gasteiger partial charge in [-0.25, -0.2) is 4.79 Å². The molecule has 0 radical (unpaired) electrons. The van der Waals surface area contributed by atoms with Crippen molar-refractivity contribution in [2.75, 3.05) is 6.61 Å². The standard InChI is InChI=1S/C16H20N2O4/c1-11(13-7-4-10-21-13)17-15(19)8-9-18-12-5-2-3-6-14(12)22-16(18)20/h2-3,5-6,11,13H,4,7-10H2,1H3,(H,17,19)/t11-,13-/m1/s1. The van der Waals surface area contributed by atoms with E-state index < -0.39 is 5.76 Å². The van der Waals surface area contributed by atoms with E-state index in [0.717, 1.165) is 19.4 Å². The summed E-state index contributed by atoms with van der Waals surface area (Å²) in [7, 11) is 0. The maximum absolute atomic E-state index is 12.0. The molecule has 0 unspecified atom stereocenters. The number of fused-ring (bicyclic) bond motifs is 1. The number of aromatic nitrogens is 1. The number of nitrogens with one attached hydrogen (secondary N) is 1. The second-order valence-corrected chi connectivity index (χ2v) is 5.64. The molecule has 1 aliphatic heterocycles. The molecule has 118 valence electrons. The van der Waals surface area contributed by atoms with E-state index in [4.69, 9.17) is 9.15 Å². The van der Waals surface area contributed by atoms with E-state index in [2.05, 4.69) is 5.32 Å². The number of ether oxygens (including phenoxy) is 1. The molecule has 22 heavy (non-hydrogen) atoms. The maximum Gasteiger partial charge on any atom is 0.419 e. The molecule has 1 N–H and O–H groups in total. The highest BCUT2D eigenvalue weighted by atomic mass is 16.5. The maximum atomic E-state index is 12.0. The number of aryl methyl sites for hydroxylation is 1. The van der Waals surface area contributed by atoms with Crippen molar-refractivity contribution in [3.8, 4) is 0 Å².